The highest BCUT2D eigenvalue weighted by molar-refractivity contribution is 7.85. The van der Waals surface area contributed by atoms with Crippen LogP contribution in [-0.2, 0) is 25.3 Å². The summed E-state index contributed by atoms with van der Waals surface area (Å²) in [4.78, 5) is 12.8. The Bertz CT molecular complexity index is 1060. The highest BCUT2D eigenvalue weighted by Gasteiger charge is 2.49. The van der Waals surface area contributed by atoms with Crippen LogP contribution in [0.3, 0.4) is 0 Å². The molecule has 1 aliphatic heterocycles. The third-order valence-corrected chi connectivity index (χ3v) is 7.66. The van der Waals surface area contributed by atoms with Gasteiger partial charge in [0.25, 0.3) is 0 Å². The molecule has 1 saturated carbocycles. The number of esters is 1. The molecule has 2 fully saturated rings. The molecule has 1 unspecified atom stereocenters. The van der Waals surface area contributed by atoms with Crippen molar-refractivity contribution in [1.82, 2.24) is 0 Å². The molecule has 0 bridgehead atoms. The summed E-state index contributed by atoms with van der Waals surface area (Å²) in [6.45, 7) is 3.65. The number of ether oxygens (including phenoxy) is 1. The molecular weight excluding hydrogens is 454 g/mol. The van der Waals surface area contributed by atoms with Crippen LogP contribution in [0.25, 0.3) is 0 Å². The van der Waals surface area contributed by atoms with Crippen molar-refractivity contribution in [3.05, 3.63) is 65.7 Å². The number of hydrogen-bond acceptors (Lipinski definition) is 6. The number of aliphatic hydroxyl groups is 1. The summed E-state index contributed by atoms with van der Waals surface area (Å²) in [5, 5.41) is 11.4. The Labute approximate surface area is 202 Å². The summed E-state index contributed by atoms with van der Waals surface area (Å²) in [6, 6.07) is 15.1. The number of carbonyl (C=O) groups is 1. The molecule has 8 heteroatoms. The van der Waals surface area contributed by atoms with Gasteiger partial charge in [0.05, 0.1) is 25.5 Å². The van der Waals surface area contributed by atoms with Gasteiger partial charge in [-0.3, -0.25) is 0 Å². The predicted molar refractivity (Wildman–Crippen MR) is 128 cm³/mol. The molecule has 0 spiro atoms. The van der Waals surface area contributed by atoms with Gasteiger partial charge in [0.15, 0.2) is 11.7 Å². The lowest BCUT2D eigenvalue weighted by atomic mass is 9.80. The van der Waals surface area contributed by atoms with E-state index in [1.807, 2.05) is 37.3 Å². The molecule has 2 aliphatic rings. The first-order valence-corrected chi connectivity index (χ1v) is 13.2. The SMILES string of the molecule is C[N+]1(C)CCC(OC(=O)[C@](O)(c2ccccc2)C2CCCC2)C1.Cc1ccc(S(=O)(=O)[O-])cc1. The molecule has 0 radical (unpaired) electrons. The van der Waals surface area contributed by atoms with Gasteiger partial charge in [-0.1, -0.05) is 60.9 Å². The zero-order valence-electron chi connectivity index (χ0n) is 20.1. The van der Waals surface area contributed by atoms with Gasteiger partial charge in [-0.15, -0.1) is 0 Å². The minimum Gasteiger partial charge on any atom is -0.744 e. The summed E-state index contributed by atoms with van der Waals surface area (Å²) in [5.41, 5.74) is 0.0957. The number of hydrogen-bond donors (Lipinski definition) is 1. The maximum absolute atomic E-state index is 12.9. The number of benzene rings is 2. The molecule has 0 amide bonds. The van der Waals surface area contributed by atoms with E-state index in [4.69, 9.17) is 4.74 Å². The Balaban J connectivity index is 0.000000248. The number of nitrogens with zero attached hydrogens (tertiary/aromatic N) is 1. The summed E-state index contributed by atoms with van der Waals surface area (Å²) in [5.74, 6) is -0.496. The van der Waals surface area contributed by atoms with Crippen molar-refractivity contribution < 1.29 is 32.1 Å². The molecule has 1 N–H and O–H groups in total. The van der Waals surface area contributed by atoms with Crippen molar-refractivity contribution in [2.45, 2.75) is 55.6 Å². The second-order valence-corrected chi connectivity index (χ2v) is 11.4. The van der Waals surface area contributed by atoms with Crippen LogP contribution in [0.2, 0.25) is 0 Å². The number of quaternary nitrogens is 1. The molecule has 4 rings (SSSR count). The van der Waals surface area contributed by atoms with Crippen LogP contribution in [0.4, 0.5) is 0 Å². The first kappa shape index (κ1) is 26.3. The van der Waals surface area contributed by atoms with Gasteiger partial charge in [-0.25, -0.2) is 13.2 Å². The van der Waals surface area contributed by atoms with Crippen molar-refractivity contribution >= 4 is 16.1 Å². The van der Waals surface area contributed by atoms with Crippen LogP contribution in [0.5, 0.6) is 0 Å². The minimum atomic E-state index is -4.27. The van der Waals surface area contributed by atoms with E-state index < -0.39 is 21.7 Å². The van der Waals surface area contributed by atoms with E-state index in [0.29, 0.717) is 5.56 Å². The van der Waals surface area contributed by atoms with Crippen molar-refractivity contribution in [1.29, 1.82) is 0 Å². The molecule has 1 saturated heterocycles. The fraction of sp³-hybridized carbons (Fsp3) is 0.500. The quantitative estimate of drug-likeness (QED) is 0.392. The smallest absolute Gasteiger partial charge is 0.343 e. The molecule has 34 heavy (non-hydrogen) atoms. The Morgan fingerprint density at radius 3 is 2.12 bits per heavy atom. The van der Waals surface area contributed by atoms with Crippen molar-refractivity contribution in [2.24, 2.45) is 5.92 Å². The maximum atomic E-state index is 12.9. The Morgan fingerprint density at radius 2 is 1.62 bits per heavy atom. The van der Waals surface area contributed by atoms with Gasteiger partial charge in [0.1, 0.15) is 16.7 Å². The zero-order chi connectivity index (χ0) is 25.0. The molecule has 7 nitrogen and oxygen atoms in total. The van der Waals surface area contributed by atoms with E-state index in [-0.39, 0.29) is 16.9 Å². The van der Waals surface area contributed by atoms with E-state index in [2.05, 4.69) is 14.1 Å². The molecule has 0 aromatic heterocycles. The van der Waals surface area contributed by atoms with Crippen LogP contribution >= 0.6 is 0 Å². The number of carbonyl (C=O) groups excluding carboxylic acids is 1. The molecule has 2 atom stereocenters. The first-order chi connectivity index (χ1) is 15.9. The van der Waals surface area contributed by atoms with Gasteiger partial charge in [0, 0.05) is 12.3 Å². The van der Waals surface area contributed by atoms with Crippen LogP contribution in [-0.4, -0.2) is 61.8 Å². The zero-order valence-corrected chi connectivity index (χ0v) is 21.0. The van der Waals surface area contributed by atoms with E-state index in [1.54, 1.807) is 12.1 Å². The first-order valence-electron chi connectivity index (χ1n) is 11.8. The van der Waals surface area contributed by atoms with E-state index in [1.165, 1.54) is 12.1 Å². The summed E-state index contributed by atoms with van der Waals surface area (Å²) < 4.78 is 37.8. The van der Waals surface area contributed by atoms with E-state index in [9.17, 15) is 22.9 Å². The van der Waals surface area contributed by atoms with Crippen molar-refractivity contribution in [2.75, 3.05) is 27.2 Å². The number of rotatable bonds is 5. The second kappa shape index (κ2) is 10.6. The Morgan fingerprint density at radius 1 is 1.03 bits per heavy atom. The second-order valence-electron chi connectivity index (χ2n) is 10.0. The maximum Gasteiger partial charge on any atom is 0.343 e. The predicted octanol–water partition coefficient (Wildman–Crippen LogP) is 3.36. The van der Waals surface area contributed by atoms with Crippen LogP contribution in [0, 0.1) is 12.8 Å². The summed E-state index contributed by atoms with van der Waals surface area (Å²) >= 11 is 0. The number of aryl methyl sites for hydroxylation is 1. The van der Waals surface area contributed by atoms with Crippen LogP contribution in [0.15, 0.2) is 59.5 Å². The van der Waals surface area contributed by atoms with Crippen molar-refractivity contribution in [3.8, 4) is 0 Å². The Kier molecular flexibility index (Phi) is 8.18. The lowest BCUT2D eigenvalue weighted by Gasteiger charge is -2.33. The highest BCUT2D eigenvalue weighted by Crippen LogP contribution is 2.42. The van der Waals surface area contributed by atoms with E-state index in [0.717, 1.165) is 55.2 Å². The normalized spacial score (nSPS) is 21.9. The average Bonchev–Trinajstić information content (AvgIpc) is 3.44. The fourth-order valence-corrected chi connectivity index (χ4v) is 5.30. The average molecular weight is 490 g/mol. The molecule has 1 heterocycles. The Hall–Kier alpha value is -2.26. The van der Waals surface area contributed by atoms with Gasteiger partial charge in [0.2, 0.25) is 0 Å². The van der Waals surface area contributed by atoms with Gasteiger partial charge in [-0.2, -0.15) is 0 Å². The lowest BCUT2D eigenvalue weighted by Crippen LogP contribution is -2.46. The monoisotopic (exact) mass is 489 g/mol. The number of likely N-dealkylation sites (tertiary alicyclic amines) is 1. The number of likely N-dealkylation sites (N-methyl/N-ethyl adjacent to an activating group) is 1. The fourth-order valence-electron chi connectivity index (χ4n) is 4.83. The molecule has 2 aromatic rings. The molecule has 2 aromatic carbocycles. The van der Waals surface area contributed by atoms with Crippen LogP contribution < -0.4 is 0 Å². The van der Waals surface area contributed by atoms with Gasteiger partial charge < -0.3 is 18.9 Å². The van der Waals surface area contributed by atoms with Gasteiger partial charge >= 0.3 is 5.97 Å². The topological polar surface area (TPSA) is 104 Å². The van der Waals surface area contributed by atoms with Crippen LogP contribution in [0.1, 0.15) is 43.2 Å². The van der Waals surface area contributed by atoms with Gasteiger partial charge in [-0.05, 0) is 37.5 Å². The standard InChI is InChI=1S/C19H28NO3.C7H8O3S/c1-20(2)13-12-17(14-20)23-18(21)19(22,16-10-6-7-11-16)15-8-4-3-5-9-15;1-6-2-4-7(5-3-6)11(8,9)10/h3-5,8-9,16-17,22H,6-7,10-14H2,1-2H3;2-5H,1H3,(H,8,9,10)/q+1;/p-1/t17?,19-;/m0./s1. The molecular formula is C26H35NO6S. The van der Waals surface area contributed by atoms with Crippen molar-refractivity contribution in [3.63, 3.8) is 0 Å². The van der Waals surface area contributed by atoms with E-state index >= 15 is 0 Å². The summed E-state index contributed by atoms with van der Waals surface area (Å²) in [7, 11) is 0.0245. The summed E-state index contributed by atoms with van der Waals surface area (Å²) in [6.07, 6.45) is 4.68. The minimum absolute atomic E-state index is 0.0405. The molecule has 186 valence electrons. The highest BCUT2D eigenvalue weighted by atomic mass is 32.2. The lowest BCUT2D eigenvalue weighted by molar-refractivity contribution is -0.879. The molecule has 1 aliphatic carbocycles. The third kappa shape index (κ3) is 6.44. The largest absolute Gasteiger partial charge is 0.744 e. The third-order valence-electron chi connectivity index (χ3n) is 6.81.